The van der Waals surface area contributed by atoms with Crippen molar-refractivity contribution in [2.45, 2.75) is 0 Å². The summed E-state index contributed by atoms with van der Waals surface area (Å²) in [6, 6.07) is 12.0. The van der Waals surface area contributed by atoms with Gasteiger partial charge in [0.1, 0.15) is 6.33 Å². The molecule has 0 aliphatic rings. The maximum absolute atomic E-state index is 12.1. The van der Waals surface area contributed by atoms with Crippen LogP contribution < -0.4 is 30.2 Å². The average Bonchev–Trinajstić information content (AvgIpc) is 2.73. The number of benzene rings is 2. The highest BCUT2D eigenvalue weighted by molar-refractivity contribution is 5.98. The number of nitrogens with one attached hydrogen (secondary N) is 3. The molecule has 0 bridgehead atoms. The molecular formula is C19H20N6O4. The standard InChI is InChI=1S/C19H20N6O4/c1-27-14-9-13(10-15(28-2)16(14)29-3)22-17-20-11-21-18(24-17)25-19(26)23-12-7-5-4-6-8-12/h4-11H,1-3H3,(H3,20,21,22,23,24,25,26). The summed E-state index contributed by atoms with van der Waals surface area (Å²) in [5.74, 6) is 1.73. The third-order valence-corrected chi connectivity index (χ3v) is 3.75. The number of carbonyl (C=O) groups is 1. The van der Waals surface area contributed by atoms with Gasteiger partial charge in [-0.2, -0.15) is 4.98 Å². The number of urea groups is 1. The lowest BCUT2D eigenvalue weighted by atomic mass is 10.2. The minimum Gasteiger partial charge on any atom is -0.493 e. The summed E-state index contributed by atoms with van der Waals surface area (Å²) < 4.78 is 16.0. The number of para-hydroxylation sites is 1. The Hall–Kier alpha value is -4.08. The lowest BCUT2D eigenvalue weighted by Gasteiger charge is -2.14. The Balaban J connectivity index is 1.74. The van der Waals surface area contributed by atoms with E-state index in [-0.39, 0.29) is 11.9 Å². The van der Waals surface area contributed by atoms with Crippen LogP contribution in [0.15, 0.2) is 48.8 Å². The molecule has 0 unspecified atom stereocenters. The molecule has 0 aliphatic carbocycles. The minimum absolute atomic E-state index is 0.0865. The summed E-state index contributed by atoms with van der Waals surface area (Å²) in [5.41, 5.74) is 1.25. The zero-order chi connectivity index (χ0) is 20.6. The first kappa shape index (κ1) is 19.7. The van der Waals surface area contributed by atoms with E-state index < -0.39 is 6.03 Å². The molecule has 0 saturated heterocycles. The number of aromatic nitrogens is 3. The van der Waals surface area contributed by atoms with E-state index in [9.17, 15) is 4.79 Å². The van der Waals surface area contributed by atoms with E-state index in [0.717, 1.165) is 0 Å². The van der Waals surface area contributed by atoms with Crippen molar-refractivity contribution in [2.24, 2.45) is 0 Å². The minimum atomic E-state index is -0.471. The van der Waals surface area contributed by atoms with Crippen LogP contribution in [0, 0.1) is 0 Å². The smallest absolute Gasteiger partial charge is 0.326 e. The molecule has 1 heterocycles. The van der Waals surface area contributed by atoms with Crippen LogP contribution in [0.25, 0.3) is 0 Å². The third kappa shape index (κ3) is 5.01. The third-order valence-electron chi connectivity index (χ3n) is 3.75. The van der Waals surface area contributed by atoms with Crippen LogP contribution in [0.2, 0.25) is 0 Å². The van der Waals surface area contributed by atoms with Crippen LogP contribution in [-0.4, -0.2) is 42.3 Å². The molecule has 150 valence electrons. The van der Waals surface area contributed by atoms with Gasteiger partial charge in [-0.1, -0.05) is 18.2 Å². The van der Waals surface area contributed by atoms with Crippen LogP contribution in [0.1, 0.15) is 0 Å². The summed E-state index contributed by atoms with van der Waals surface area (Å²) in [7, 11) is 4.58. The lowest BCUT2D eigenvalue weighted by molar-refractivity contribution is 0.262. The first-order valence-corrected chi connectivity index (χ1v) is 8.52. The van der Waals surface area contributed by atoms with Crippen LogP contribution in [0.3, 0.4) is 0 Å². The van der Waals surface area contributed by atoms with Crippen LogP contribution >= 0.6 is 0 Å². The van der Waals surface area contributed by atoms with Crippen LogP contribution in [0.5, 0.6) is 17.2 Å². The van der Waals surface area contributed by atoms with Crippen molar-refractivity contribution in [2.75, 3.05) is 37.3 Å². The molecule has 3 N–H and O–H groups in total. The lowest BCUT2D eigenvalue weighted by Crippen LogP contribution is -2.21. The molecular weight excluding hydrogens is 376 g/mol. The Morgan fingerprint density at radius 3 is 2.10 bits per heavy atom. The fourth-order valence-corrected chi connectivity index (χ4v) is 2.48. The van der Waals surface area contributed by atoms with Gasteiger partial charge in [0.2, 0.25) is 17.6 Å². The molecule has 10 nitrogen and oxygen atoms in total. The van der Waals surface area contributed by atoms with Crippen LogP contribution in [-0.2, 0) is 0 Å². The number of nitrogens with zero attached hydrogens (tertiary/aromatic N) is 3. The number of hydrogen-bond donors (Lipinski definition) is 3. The Morgan fingerprint density at radius 2 is 1.48 bits per heavy atom. The van der Waals surface area contributed by atoms with E-state index in [1.807, 2.05) is 18.2 Å². The molecule has 2 amide bonds. The molecule has 10 heteroatoms. The van der Waals surface area contributed by atoms with E-state index in [1.54, 1.807) is 24.3 Å². The first-order valence-electron chi connectivity index (χ1n) is 8.52. The fraction of sp³-hybridized carbons (Fsp3) is 0.158. The Labute approximate surface area is 167 Å². The van der Waals surface area contributed by atoms with Gasteiger partial charge in [-0.15, -0.1) is 0 Å². The predicted molar refractivity (Wildman–Crippen MR) is 108 cm³/mol. The van der Waals surface area contributed by atoms with Gasteiger partial charge in [-0.25, -0.2) is 14.8 Å². The average molecular weight is 396 g/mol. The van der Waals surface area contributed by atoms with Gasteiger partial charge in [-0.3, -0.25) is 5.32 Å². The molecule has 3 rings (SSSR count). The molecule has 2 aromatic carbocycles. The maximum Gasteiger partial charge on any atom is 0.326 e. The van der Waals surface area contributed by atoms with Gasteiger partial charge in [-0.05, 0) is 12.1 Å². The van der Waals surface area contributed by atoms with Crippen molar-refractivity contribution >= 4 is 29.3 Å². The number of ether oxygens (including phenoxy) is 3. The normalized spacial score (nSPS) is 10.0. The molecule has 1 aromatic heterocycles. The van der Waals surface area contributed by atoms with E-state index in [4.69, 9.17) is 14.2 Å². The Morgan fingerprint density at radius 1 is 0.828 bits per heavy atom. The molecule has 0 atom stereocenters. The largest absolute Gasteiger partial charge is 0.493 e. The van der Waals surface area contributed by atoms with Crippen molar-refractivity contribution in [3.05, 3.63) is 48.8 Å². The summed E-state index contributed by atoms with van der Waals surface area (Å²) in [6.45, 7) is 0. The van der Waals surface area contributed by atoms with Gasteiger partial charge in [0.05, 0.1) is 21.3 Å². The second kappa shape index (κ2) is 9.22. The molecule has 0 saturated carbocycles. The monoisotopic (exact) mass is 396 g/mol. The Kier molecular flexibility index (Phi) is 6.25. The zero-order valence-electron chi connectivity index (χ0n) is 16.1. The van der Waals surface area contributed by atoms with Gasteiger partial charge in [0.15, 0.2) is 11.5 Å². The molecule has 0 fully saturated rings. The Bertz CT molecular complexity index is 958. The van der Waals surface area contributed by atoms with Crippen molar-refractivity contribution in [1.82, 2.24) is 15.0 Å². The zero-order valence-corrected chi connectivity index (χ0v) is 16.1. The number of carbonyl (C=O) groups excluding carboxylic acids is 1. The highest BCUT2D eigenvalue weighted by Crippen LogP contribution is 2.40. The van der Waals surface area contributed by atoms with Gasteiger partial charge in [0.25, 0.3) is 0 Å². The first-order chi connectivity index (χ1) is 14.1. The number of amides is 2. The summed E-state index contributed by atoms with van der Waals surface area (Å²) in [4.78, 5) is 24.3. The van der Waals surface area contributed by atoms with Crippen molar-refractivity contribution in [1.29, 1.82) is 0 Å². The number of rotatable bonds is 7. The highest BCUT2D eigenvalue weighted by atomic mass is 16.5. The van der Waals surface area contributed by atoms with Crippen LogP contribution in [0.4, 0.5) is 28.1 Å². The van der Waals surface area contributed by atoms with Crippen molar-refractivity contribution in [3.8, 4) is 17.2 Å². The second-order valence-corrected chi connectivity index (χ2v) is 5.62. The summed E-state index contributed by atoms with van der Waals surface area (Å²) >= 11 is 0. The maximum atomic E-state index is 12.1. The molecule has 29 heavy (non-hydrogen) atoms. The van der Waals surface area contributed by atoms with Gasteiger partial charge < -0.3 is 24.8 Å². The van der Waals surface area contributed by atoms with Crippen molar-refractivity contribution in [3.63, 3.8) is 0 Å². The number of anilines is 4. The summed E-state index contributed by atoms with van der Waals surface area (Å²) in [6.07, 6.45) is 1.28. The molecule has 0 spiro atoms. The molecule has 0 aliphatic heterocycles. The summed E-state index contributed by atoms with van der Waals surface area (Å²) in [5, 5.41) is 8.26. The van der Waals surface area contributed by atoms with E-state index in [0.29, 0.717) is 28.6 Å². The van der Waals surface area contributed by atoms with E-state index in [1.165, 1.54) is 27.7 Å². The molecule has 3 aromatic rings. The SMILES string of the molecule is COc1cc(Nc2ncnc(NC(=O)Nc3ccccc3)n2)cc(OC)c1OC. The number of methoxy groups -OCH3 is 3. The quantitative estimate of drug-likeness (QED) is 0.557. The fourth-order valence-electron chi connectivity index (χ4n) is 2.48. The second-order valence-electron chi connectivity index (χ2n) is 5.62. The van der Waals surface area contributed by atoms with Gasteiger partial charge in [0, 0.05) is 23.5 Å². The van der Waals surface area contributed by atoms with Crippen molar-refractivity contribution < 1.29 is 19.0 Å². The number of hydrogen-bond acceptors (Lipinski definition) is 8. The predicted octanol–water partition coefficient (Wildman–Crippen LogP) is 3.29. The topological polar surface area (TPSA) is 120 Å². The highest BCUT2D eigenvalue weighted by Gasteiger charge is 2.14. The molecule has 0 radical (unpaired) electrons. The van der Waals surface area contributed by atoms with E-state index >= 15 is 0 Å². The van der Waals surface area contributed by atoms with E-state index in [2.05, 4.69) is 30.9 Å². The van der Waals surface area contributed by atoms with Gasteiger partial charge >= 0.3 is 6.03 Å².